The number of carbonyl (C=O) groups excluding carboxylic acids is 2. The molecule has 4 rings (SSSR count). The van der Waals surface area contributed by atoms with Crippen LogP contribution in [0.5, 0.6) is 0 Å². The van der Waals surface area contributed by atoms with Gasteiger partial charge < -0.3 is 10.6 Å². The lowest BCUT2D eigenvalue weighted by Gasteiger charge is -2.10. The van der Waals surface area contributed by atoms with E-state index in [1.54, 1.807) is 6.20 Å². The summed E-state index contributed by atoms with van der Waals surface area (Å²) in [5, 5.41) is 5.25. The lowest BCUT2D eigenvalue weighted by atomic mass is 10.2. The standard InChI is InChI=1S/C16H11ClN4O4S2/c17-16-19-8-10(26-16)7-18-14(22)9-3-4-13-11(6-9)20-15(23)12-2-1-5-21(12)27(13,24)25/h1-6,8H,7H2,(H,18,22)(H,20,23). The zero-order valence-corrected chi connectivity index (χ0v) is 15.9. The molecule has 2 N–H and O–H groups in total. The summed E-state index contributed by atoms with van der Waals surface area (Å²) in [6, 6.07) is 6.92. The molecule has 3 aromatic rings. The SMILES string of the molecule is O=C(NCc1cnc(Cl)s1)c1ccc2c(c1)NC(=O)c1cccn1S2(=O)=O. The summed E-state index contributed by atoms with van der Waals surface area (Å²) in [6.07, 6.45) is 2.87. The summed E-state index contributed by atoms with van der Waals surface area (Å²) in [4.78, 5) is 29.3. The molecule has 2 aromatic heterocycles. The average Bonchev–Trinajstić information content (AvgIpc) is 3.27. The highest BCUT2D eigenvalue weighted by molar-refractivity contribution is 7.90. The lowest BCUT2D eigenvalue weighted by molar-refractivity contribution is 0.0949. The Kier molecular flexibility index (Phi) is 4.25. The van der Waals surface area contributed by atoms with Crippen molar-refractivity contribution >= 4 is 50.5 Å². The van der Waals surface area contributed by atoms with Crippen molar-refractivity contribution in [2.24, 2.45) is 0 Å². The third-order valence-corrected chi connectivity index (χ3v) is 6.78. The van der Waals surface area contributed by atoms with Crippen molar-refractivity contribution in [3.63, 3.8) is 0 Å². The van der Waals surface area contributed by atoms with Crippen molar-refractivity contribution in [1.82, 2.24) is 14.3 Å². The second-order valence-corrected chi connectivity index (χ2v) is 9.10. The number of amides is 2. The smallest absolute Gasteiger partial charge is 0.273 e. The van der Waals surface area contributed by atoms with E-state index < -0.39 is 21.8 Å². The summed E-state index contributed by atoms with van der Waals surface area (Å²) in [5.41, 5.74) is 0.267. The summed E-state index contributed by atoms with van der Waals surface area (Å²) in [6.45, 7) is 0.233. The Morgan fingerprint density at radius 3 is 2.89 bits per heavy atom. The number of fused-ring (bicyclic) bond motifs is 2. The molecule has 0 bridgehead atoms. The van der Waals surface area contributed by atoms with Gasteiger partial charge in [-0.2, -0.15) is 0 Å². The summed E-state index contributed by atoms with van der Waals surface area (Å²) >= 11 is 7.00. The number of thiazole rings is 1. The van der Waals surface area contributed by atoms with Crippen LogP contribution >= 0.6 is 22.9 Å². The van der Waals surface area contributed by atoms with Crippen LogP contribution in [0.15, 0.2) is 47.6 Å². The molecule has 138 valence electrons. The Hall–Kier alpha value is -2.69. The Bertz CT molecular complexity index is 1180. The van der Waals surface area contributed by atoms with E-state index in [-0.39, 0.29) is 28.4 Å². The van der Waals surface area contributed by atoms with E-state index in [4.69, 9.17) is 11.6 Å². The van der Waals surface area contributed by atoms with Gasteiger partial charge in [0.1, 0.15) is 10.6 Å². The van der Waals surface area contributed by atoms with Crippen molar-refractivity contribution < 1.29 is 18.0 Å². The van der Waals surface area contributed by atoms with Gasteiger partial charge in [-0.05, 0) is 30.3 Å². The van der Waals surface area contributed by atoms with E-state index in [0.29, 0.717) is 4.47 Å². The van der Waals surface area contributed by atoms with Gasteiger partial charge in [0.05, 0.1) is 12.2 Å². The molecular weight excluding hydrogens is 412 g/mol. The summed E-state index contributed by atoms with van der Waals surface area (Å²) < 4.78 is 26.8. The van der Waals surface area contributed by atoms with Gasteiger partial charge in [0.15, 0.2) is 4.47 Å². The molecule has 1 aliphatic heterocycles. The van der Waals surface area contributed by atoms with Gasteiger partial charge in [-0.1, -0.05) is 11.6 Å². The fourth-order valence-electron chi connectivity index (χ4n) is 2.67. The average molecular weight is 423 g/mol. The highest BCUT2D eigenvalue weighted by Gasteiger charge is 2.30. The minimum absolute atomic E-state index is 0.000671. The number of halogens is 1. The highest BCUT2D eigenvalue weighted by atomic mass is 35.5. The molecule has 0 saturated carbocycles. The zero-order valence-electron chi connectivity index (χ0n) is 13.5. The molecule has 2 amide bonds. The molecule has 0 saturated heterocycles. The van der Waals surface area contributed by atoms with Crippen LogP contribution in [0, 0.1) is 0 Å². The summed E-state index contributed by atoms with van der Waals surface area (Å²) in [7, 11) is -3.94. The monoisotopic (exact) mass is 422 g/mol. The fourth-order valence-corrected chi connectivity index (χ4v) is 5.06. The predicted octanol–water partition coefficient (Wildman–Crippen LogP) is 2.33. The Morgan fingerprint density at radius 2 is 2.15 bits per heavy atom. The second-order valence-electron chi connectivity index (χ2n) is 5.62. The van der Waals surface area contributed by atoms with Gasteiger partial charge >= 0.3 is 0 Å². The van der Waals surface area contributed by atoms with E-state index in [0.717, 1.165) is 8.85 Å². The summed E-state index contributed by atoms with van der Waals surface area (Å²) in [5.74, 6) is -0.989. The van der Waals surface area contributed by atoms with Crippen LogP contribution < -0.4 is 10.6 Å². The number of hydrogen-bond acceptors (Lipinski definition) is 6. The molecule has 1 aromatic carbocycles. The van der Waals surface area contributed by atoms with Crippen molar-refractivity contribution in [3.8, 4) is 0 Å². The molecule has 11 heteroatoms. The van der Waals surface area contributed by atoms with Gasteiger partial charge in [0.25, 0.3) is 21.8 Å². The largest absolute Gasteiger partial charge is 0.347 e. The van der Waals surface area contributed by atoms with Crippen molar-refractivity contribution in [2.75, 3.05) is 5.32 Å². The van der Waals surface area contributed by atoms with Gasteiger partial charge in [0.2, 0.25) is 0 Å². The van der Waals surface area contributed by atoms with Crippen LogP contribution in [-0.2, 0) is 16.6 Å². The first kappa shape index (κ1) is 17.7. The van der Waals surface area contributed by atoms with Crippen molar-refractivity contribution in [1.29, 1.82) is 0 Å². The van der Waals surface area contributed by atoms with Crippen LogP contribution in [0.4, 0.5) is 5.69 Å². The lowest BCUT2D eigenvalue weighted by Crippen LogP contribution is -2.22. The van der Waals surface area contributed by atoms with Gasteiger partial charge in [-0.15, -0.1) is 11.3 Å². The van der Waals surface area contributed by atoms with Gasteiger partial charge in [-0.25, -0.2) is 17.4 Å². The van der Waals surface area contributed by atoms with Crippen LogP contribution in [0.3, 0.4) is 0 Å². The number of hydrogen-bond donors (Lipinski definition) is 2. The maximum absolute atomic E-state index is 12.8. The maximum atomic E-state index is 12.8. The molecule has 0 aliphatic carbocycles. The molecule has 1 aliphatic rings. The number of anilines is 1. The number of rotatable bonds is 3. The van der Waals surface area contributed by atoms with Crippen LogP contribution in [0.1, 0.15) is 25.7 Å². The Balaban J connectivity index is 1.64. The topological polar surface area (TPSA) is 110 Å². The quantitative estimate of drug-likeness (QED) is 0.673. The van der Waals surface area contributed by atoms with E-state index in [9.17, 15) is 18.0 Å². The molecule has 0 fully saturated rings. The van der Waals surface area contributed by atoms with Crippen LogP contribution in [0.2, 0.25) is 4.47 Å². The second kappa shape index (κ2) is 6.48. The first-order valence-corrected chi connectivity index (χ1v) is 10.3. The van der Waals surface area contributed by atoms with Crippen LogP contribution in [0.25, 0.3) is 0 Å². The Labute approximate surface area is 162 Å². The van der Waals surface area contributed by atoms with Crippen LogP contribution in [-0.4, -0.2) is 29.2 Å². The third kappa shape index (κ3) is 3.11. The zero-order chi connectivity index (χ0) is 19.2. The molecule has 3 heterocycles. The first-order chi connectivity index (χ1) is 12.9. The highest BCUT2D eigenvalue weighted by Crippen LogP contribution is 2.29. The van der Waals surface area contributed by atoms with Gasteiger partial charge in [0, 0.05) is 22.8 Å². The minimum atomic E-state index is -3.94. The molecule has 0 unspecified atom stereocenters. The molecule has 0 spiro atoms. The number of carbonyl (C=O) groups is 2. The molecular formula is C16H11ClN4O4S2. The van der Waals surface area contributed by atoms with E-state index in [2.05, 4.69) is 15.6 Å². The molecule has 0 atom stereocenters. The molecule has 0 radical (unpaired) electrons. The molecule has 27 heavy (non-hydrogen) atoms. The third-order valence-electron chi connectivity index (χ3n) is 3.92. The number of aromatic nitrogens is 2. The number of benzene rings is 1. The first-order valence-electron chi connectivity index (χ1n) is 7.63. The molecule has 8 nitrogen and oxygen atoms in total. The van der Waals surface area contributed by atoms with Crippen molar-refractivity contribution in [2.45, 2.75) is 11.4 Å². The van der Waals surface area contributed by atoms with Gasteiger partial charge in [-0.3, -0.25) is 9.59 Å². The normalized spacial score (nSPS) is 14.6. The van der Waals surface area contributed by atoms with E-state index in [1.165, 1.54) is 47.9 Å². The van der Waals surface area contributed by atoms with Crippen molar-refractivity contribution in [3.05, 3.63) is 63.3 Å². The fraction of sp³-hybridized carbons (Fsp3) is 0.0625. The minimum Gasteiger partial charge on any atom is -0.347 e. The number of nitrogens with zero attached hydrogens (tertiary/aromatic N) is 2. The predicted molar refractivity (Wildman–Crippen MR) is 99.7 cm³/mol. The van der Waals surface area contributed by atoms with E-state index in [1.807, 2.05) is 0 Å². The Morgan fingerprint density at radius 1 is 1.33 bits per heavy atom. The number of nitrogens with one attached hydrogen (secondary N) is 2. The maximum Gasteiger partial charge on any atom is 0.273 e. The van der Waals surface area contributed by atoms with E-state index >= 15 is 0 Å².